The fourth-order valence-corrected chi connectivity index (χ4v) is 4.69. The zero-order valence-electron chi connectivity index (χ0n) is 17.0. The number of benzene rings is 2. The van der Waals surface area contributed by atoms with Gasteiger partial charge in [0.1, 0.15) is 0 Å². The summed E-state index contributed by atoms with van der Waals surface area (Å²) in [5.74, 6) is -0.508. The molecule has 1 aromatic heterocycles. The van der Waals surface area contributed by atoms with E-state index >= 15 is 0 Å². The van der Waals surface area contributed by atoms with Crippen LogP contribution < -0.4 is 10.6 Å². The highest BCUT2D eigenvalue weighted by molar-refractivity contribution is 7.16. The summed E-state index contributed by atoms with van der Waals surface area (Å²) in [6.07, 6.45) is 4.96. The average molecular weight is 420 g/mol. The highest BCUT2D eigenvalue weighted by atomic mass is 32.1. The summed E-state index contributed by atoms with van der Waals surface area (Å²) in [6.45, 7) is 2.18. The van der Waals surface area contributed by atoms with Crippen LogP contribution in [0.1, 0.15) is 58.6 Å². The van der Waals surface area contributed by atoms with Gasteiger partial charge in [0.2, 0.25) is 5.91 Å². The van der Waals surface area contributed by atoms with Gasteiger partial charge in [-0.1, -0.05) is 43.7 Å². The quantitative estimate of drug-likeness (QED) is 0.538. The molecular formula is C24H25N3O2S. The number of carbonyl (C=O) groups excluding carboxylic acids is 2. The number of nitrogens with zero attached hydrogens (tertiary/aromatic N) is 1. The van der Waals surface area contributed by atoms with Gasteiger partial charge < -0.3 is 5.32 Å². The molecule has 0 radical (unpaired) electrons. The average Bonchev–Trinajstić information content (AvgIpc) is 3.34. The maximum absolute atomic E-state index is 12.9. The number of amides is 2. The van der Waals surface area contributed by atoms with Gasteiger partial charge in [-0.25, -0.2) is 4.98 Å². The van der Waals surface area contributed by atoms with Crippen molar-refractivity contribution in [3.8, 4) is 0 Å². The van der Waals surface area contributed by atoms with Gasteiger partial charge in [0.05, 0.1) is 11.6 Å². The lowest BCUT2D eigenvalue weighted by molar-refractivity contribution is -0.117. The molecule has 2 amide bonds. The van der Waals surface area contributed by atoms with Crippen molar-refractivity contribution in [1.82, 2.24) is 4.98 Å². The van der Waals surface area contributed by atoms with Gasteiger partial charge in [-0.05, 0) is 55.5 Å². The van der Waals surface area contributed by atoms with Crippen LogP contribution in [0.5, 0.6) is 0 Å². The highest BCUT2D eigenvalue weighted by Crippen LogP contribution is 2.39. The first-order valence-electron chi connectivity index (χ1n) is 10.4. The van der Waals surface area contributed by atoms with Crippen molar-refractivity contribution in [1.29, 1.82) is 0 Å². The first kappa shape index (κ1) is 20.3. The Kier molecular flexibility index (Phi) is 6.23. The van der Waals surface area contributed by atoms with Crippen molar-refractivity contribution in [3.05, 3.63) is 76.3 Å². The Balaban J connectivity index is 1.40. The third kappa shape index (κ3) is 4.60. The predicted octanol–water partition coefficient (Wildman–Crippen LogP) is 5.41. The van der Waals surface area contributed by atoms with Crippen molar-refractivity contribution in [2.24, 2.45) is 0 Å². The molecule has 0 saturated heterocycles. The van der Waals surface area contributed by atoms with E-state index in [1.807, 2.05) is 30.3 Å². The van der Waals surface area contributed by atoms with Crippen molar-refractivity contribution in [3.63, 3.8) is 0 Å². The Morgan fingerprint density at radius 2 is 1.83 bits per heavy atom. The molecule has 154 valence electrons. The Morgan fingerprint density at radius 3 is 2.57 bits per heavy atom. The first-order chi connectivity index (χ1) is 14.6. The van der Waals surface area contributed by atoms with Crippen LogP contribution >= 0.6 is 11.3 Å². The van der Waals surface area contributed by atoms with Crippen molar-refractivity contribution >= 4 is 34.0 Å². The summed E-state index contributed by atoms with van der Waals surface area (Å²) in [6, 6.07) is 17.1. The lowest BCUT2D eigenvalue weighted by Gasteiger charge is -2.11. The van der Waals surface area contributed by atoms with E-state index in [0.717, 1.165) is 35.5 Å². The van der Waals surface area contributed by atoms with Crippen molar-refractivity contribution in [2.45, 2.75) is 44.9 Å². The molecule has 5 nitrogen and oxygen atoms in total. The monoisotopic (exact) mass is 419 g/mol. The second kappa shape index (κ2) is 9.22. The number of nitrogens with one attached hydrogen (secondary N) is 2. The smallest absolute Gasteiger partial charge is 0.257 e. The Morgan fingerprint density at radius 1 is 1.07 bits per heavy atom. The third-order valence-corrected chi connectivity index (χ3v) is 6.38. The van der Waals surface area contributed by atoms with Crippen LogP contribution in [-0.4, -0.2) is 16.8 Å². The number of anilines is 2. The molecule has 0 aliphatic heterocycles. The van der Waals surface area contributed by atoms with E-state index < -0.39 is 0 Å². The summed E-state index contributed by atoms with van der Waals surface area (Å²) in [7, 11) is 0. The minimum Gasteiger partial charge on any atom is -0.326 e. The van der Waals surface area contributed by atoms with E-state index in [0.29, 0.717) is 10.7 Å². The van der Waals surface area contributed by atoms with Crippen LogP contribution in [0.15, 0.2) is 54.6 Å². The van der Waals surface area contributed by atoms with E-state index in [1.54, 1.807) is 12.1 Å². The van der Waals surface area contributed by atoms with Crippen LogP contribution in [0.25, 0.3) is 0 Å². The number of hydrogen-bond donors (Lipinski definition) is 2. The SMILES string of the molecule is CCCCc1ccc(NC(=O)C2CCc3sc(NC(=O)c4ccccc4)nc32)cc1. The highest BCUT2D eigenvalue weighted by Gasteiger charge is 2.33. The number of unbranched alkanes of at least 4 members (excludes halogenated alkanes) is 1. The molecule has 30 heavy (non-hydrogen) atoms. The van der Waals surface area contributed by atoms with Gasteiger partial charge in [0.15, 0.2) is 5.13 Å². The van der Waals surface area contributed by atoms with E-state index in [2.05, 4.69) is 34.7 Å². The van der Waals surface area contributed by atoms with E-state index in [1.165, 1.54) is 29.7 Å². The lowest BCUT2D eigenvalue weighted by atomic mass is 10.1. The maximum Gasteiger partial charge on any atom is 0.257 e. The molecule has 1 unspecified atom stereocenters. The molecule has 1 aliphatic rings. The third-order valence-electron chi connectivity index (χ3n) is 5.33. The van der Waals surface area contributed by atoms with E-state index in [9.17, 15) is 9.59 Å². The standard InChI is InChI=1S/C24H25N3O2S/c1-2-3-7-16-10-12-18(13-11-16)25-23(29)19-14-15-20-21(19)26-24(30-20)27-22(28)17-8-5-4-6-9-17/h4-6,8-13,19H,2-3,7,14-15H2,1H3,(H,25,29)(H,26,27,28). The number of aromatic nitrogens is 1. The number of hydrogen-bond acceptors (Lipinski definition) is 4. The topological polar surface area (TPSA) is 71.1 Å². The summed E-state index contributed by atoms with van der Waals surface area (Å²) >= 11 is 1.46. The number of aryl methyl sites for hydroxylation is 2. The second-order valence-electron chi connectivity index (χ2n) is 7.53. The molecule has 0 spiro atoms. The normalized spacial score (nSPS) is 14.9. The molecule has 1 heterocycles. The van der Waals surface area contributed by atoms with Crippen LogP contribution in [-0.2, 0) is 17.6 Å². The molecular weight excluding hydrogens is 394 g/mol. The van der Waals surface area contributed by atoms with Crippen LogP contribution in [0.2, 0.25) is 0 Å². The van der Waals surface area contributed by atoms with Gasteiger partial charge in [-0.2, -0.15) is 0 Å². The molecule has 1 atom stereocenters. The second-order valence-corrected chi connectivity index (χ2v) is 8.61. The molecule has 2 aromatic carbocycles. The Hall–Kier alpha value is -2.99. The summed E-state index contributed by atoms with van der Waals surface area (Å²) in [4.78, 5) is 30.9. The summed E-state index contributed by atoms with van der Waals surface area (Å²) in [5.41, 5.74) is 3.47. The molecule has 0 fully saturated rings. The molecule has 2 N–H and O–H groups in total. The summed E-state index contributed by atoms with van der Waals surface area (Å²) < 4.78 is 0. The fraction of sp³-hybridized carbons (Fsp3) is 0.292. The molecule has 6 heteroatoms. The number of fused-ring (bicyclic) bond motifs is 1. The van der Waals surface area contributed by atoms with Crippen LogP contribution in [0.3, 0.4) is 0 Å². The Labute approximate surface area is 180 Å². The molecule has 0 bridgehead atoms. The van der Waals surface area contributed by atoms with E-state index in [-0.39, 0.29) is 17.7 Å². The summed E-state index contributed by atoms with van der Waals surface area (Å²) in [5, 5.41) is 6.43. The largest absolute Gasteiger partial charge is 0.326 e. The molecule has 4 rings (SSSR count). The zero-order valence-corrected chi connectivity index (χ0v) is 17.8. The van der Waals surface area contributed by atoms with Crippen molar-refractivity contribution in [2.75, 3.05) is 10.6 Å². The van der Waals surface area contributed by atoms with E-state index in [4.69, 9.17) is 0 Å². The van der Waals surface area contributed by atoms with Crippen LogP contribution in [0.4, 0.5) is 10.8 Å². The first-order valence-corrected chi connectivity index (χ1v) is 11.2. The van der Waals surface area contributed by atoms with Gasteiger partial charge in [0, 0.05) is 16.1 Å². The van der Waals surface area contributed by atoms with Gasteiger partial charge >= 0.3 is 0 Å². The number of thiazole rings is 1. The predicted molar refractivity (Wildman–Crippen MR) is 121 cm³/mol. The Bertz CT molecular complexity index is 1030. The lowest BCUT2D eigenvalue weighted by Crippen LogP contribution is -2.20. The van der Waals surface area contributed by atoms with Crippen LogP contribution in [0, 0.1) is 0 Å². The van der Waals surface area contributed by atoms with Gasteiger partial charge in [-0.15, -0.1) is 11.3 Å². The fourth-order valence-electron chi connectivity index (χ4n) is 3.66. The maximum atomic E-state index is 12.9. The van der Waals surface area contributed by atoms with Gasteiger partial charge in [-0.3, -0.25) is 14.9 Å². The van der Waals surface area contributed by atoms with Gasteiger partial charge in [0.25, 0.3) is 5.91 Å². The van der Waals surface area contributed by atoms with Crippen molar-refractivity contribution < 1.29 is 9.59 Å². The minimum absolute atomic E-state index is 0.0405. The molecule has 0 saturated carbocycles. The molecule has 1 aliphatic carbocycles. The molecule has 3 aromatic rings. The number of carbonyl (C=O) groups is 2. The number of rotatable bonds is 7. The zero-order chi connectivity index (χ0) is 20.9. The minimum atomic E-state index is -0.279.